The number of anilines is 1. The number of hydrogen-bond donors (Lipinski definition) is 1. The van der Waals surface area contributed by atoms with Crippen molar-refractivity contribution in [3.05, 3.63) is 53.6 Å². The predicted octanol–water partition coefficient (Wildman–Crippen LogP) is 3.30. The Morgan fingerprint density at radius 3 is 2.93 bits per heavy atom. The number of para-hydroxylation sites is 1. The minimum absolute atomic E-state index is 0.0287. The number of aromatic nitrogens is 1. The first-order valence-corrected chi connectivity index (χ1v) is 10.9. The molecule has 7 heteroatoms. The topological polar surface area (TPSA) is 57.7 Å². The highest BCUT2D eigenvalue weighted by Crippen LogP contribution is 2.36. The van der Waals surface area contributed by atoms with E-state index in [2.05, 4.69) is 16.3 Å². The first-order valence-electron chi connectivity index (χ1n) is 10.1. The van der Waals surface area contributed by atoms with Crippen LogP contribution in [0.3, 0.4) is 0 Å². The first-order chi connectivity index (χ1) is 14.2. The smallest absolute Gasteiger partial charge is 0.254 e. The zero-order valence-electron chi connectivity index (χ0n) is 16.4. The van der Waals surface area contributed by atoms with E-state index in [1.807, 2.05) is 48.3 Å². The summed E-state index contributed by atoms with van der Waals surface area (Å²) >= 11 is 1.67. The number of hydrogen-bond acceptors (Lipinski definition) is 6. The van der Waals surface area contributed by atoms with Gasteiger partial charge >= 0.3 is 0 Å². The lowest BCUT2D eigenvalue weighted by molar-refractivity contribution is 0.0686. The van der Waals surface area contributed by atoms with Gasteiger partial charge in [-0.3, -0.25) is 4.79 Å². The standard InChI is InChI=1S/C22H24N4O2S/c1-25(18-8-13-28-19-5-3-2-4-16(18)19)21(27)15-6-7-17-20(14-15)29-22(24-17)26-11-9-23-10-12-26/h2-7,14,18,23H,8-13H2,1H3/t18-/m0/s1. The Labute approximate surface area is 174 Å². The van der Waals surface area contributed by atoms with Gasteiger partial charge in [0.05, 0.1) is 22.9 Å². The molecule has 29 heavy (non-hydrogen) atoms. The summed E-state index contributed by atoms with van der Waals surface area (Å²) in [6.07, 6.45) is 0.801. The van der Waals surface area contributed by atoms with Crippen LogP contribution in [0.2, 0.25) is 0 Å². The fraction of sp³-hybridized carbons (Fsp3) is 0.364. The highest BCUT2D eigenvalue weighted by atomic mass is 32.1. The first kappa shape index (κ1) is 18.4. The van der Waals surface area contributed by atoms with E-state index in [1.54, 1.807) is 11.3 Å². The van der Waals surface area contributed by atoms with Crippen molar-refractivity contribution >= 4 is 32.6 Å². The van der Waals surface area contributed by atoms with Crippen molar-refractivity contribution in [3.63, 3.8) is 0 Å². The number of amides is 1. The number of rotatable bonds is 3. The third kappa shape index (κ3) is 3.45. The summed E-state index contributed by atoms with van der Waals surface area (Å²) in [7, 11) is 1.89. The number of nitrogens with zero attached hydrogens (tertiary/aromatic N) is 3. The van der Waals surface area contributed by atoms with Crippen LogP contribution < -0.4 is 15.0 Å². The van der Waals surface area contributed by atoms with Gasteiger partial charge in [-0.1, -0.05) is 29.5 Å². The summed E-state index contributed by atoms with van der Waals surface area (Å²) in [5.41, 5.74) is 2.74. The van der Waals surface area contributed by atoms with Crippen LogP contribution >= 0.6 is 11.3 Å². The van der Waals surface area contributed by atoms with E-state index in [0.29, 0.717) is 12.2 Å². The molecule has 2 aliphatic heterocycles. The molecule has 0 radical (unpaired) electrons. The van der Waals surface area contributed by atoms with Crippen LogP contribution in [-0.4, -0.2) is 55.6 Å². The Hall–Kier alpha value is -2.64. The molecule has 3 aromatic rings. The van der Waals surface area contributed by atoms with Crippen molar-refractivity contribution in [2.45, 2.75) is 12.5 Å². The van der Waals surface area contributed by atoms with Crippen molar-refractivity contribution in [2.75, 3.05) is 44.7 Å². The Bertz CT molecular complexity index is 1040. The average Bonchev–Trinajstić information content (AvgIpc) is 3.22. The molecule has 2 aliphatic rings. The molecule has 1 atom stereocenters. The molecule has 1 aromatic heterocycles. The van der Waals surface area contributed by atoms with E-state index in [0.717, 1.165) is 59.3 Å². The van der Waals surface area contributed by atoms with Crippen molar-refractivity contribution in [3.8, 4) is 5.75 Å². The maximum Gasteiger partial charge on any atom is 0.254 e. The fourth-order valence-electron chi connectivity index (χ4n) is 4.11. The van der Waals surface area contributed by atoms with E-state index in [4.69, 9.17) is 9.72 Å². The molecule has 0 bridgehead atoms. The van der Waals surface area contributed by atoms with Crippen molar-refractivity contribution in [1.82, 2.24) is 15.2 Å². The molecule has 0 saturated carbocycles. The average molecular weight is 409 g/mol. The third-order valence-electron chi connectivity index (χ3n) is 5.73. The van der Waals surface area contributed by atoms with Crippen molar-refractivity contribution in [1.29, 1.82) is 0 Å². The molecule has 6 nitrogen and oxygen atoms in total. The summed E-state index contributed by atoms with van der Waals surface area (Å²) in [6, 6.07) is 13.9. The lowest BCUT2D eigenvalue weighted by atomic mass is 9.98. The SMILES string of the molecule is CN(C(=O)c1ccc2nc(N3CCNCC3)sc2c1)[C@H]1CCOc2ccccc21. The van der Waals surface area contributed by atoms with E-state index < -0.39 is 0 Å². The summed E-state index contributed by atoms with van der Waals surface area (Å²) in [6.45, 7) is 4.53. The minimum atomic E-state index is 0.0287. The van der Waals surface area contributed by atoms with Crippen LogP contribution in [0.5, 0.6) is 5.75 Å². The molecule has 3 heterocycles. The molecule has 1 N–H and O–H groups in total. The number of fused-ring (bicyclic) bond motifs is 2. The number of thiazole rings is 1. The van der Waals surface area contributed by atoms with Gasteiger partial charge in [0.2, 0.25) is 0 Å². The van der Waals surface area contributed by atoms with Crippen molar-refractivity contribution < 1.29 is 9.53 Å². The zero-order valence-corrected chi connectivity index (χ0v) is 17.2. The van der Waals surface area contributed by atoms with Gasteiger partial charge in [0.15, 0.2) is 5.13 Å². The summed E-state index contributed by atoms with van der Waals surface area (Å²) < 4.78 is 6.81. The second kappa shape index (κ2) is 7.65. The second-order valence-corrected chi connectivity index (χ2v) is 8.53. The van der Waals surface area contributed by atoms with Crippen molar-refractivity contribution in [2.24, 2.45) is 0 Å². The Kier molecular flexibility index (Phi) is 4.85. The summed E-state index contributed by atoms with van der Waals surface area (Å²) in [5, 5.41) is 4.41. The van der Waals surface area contributed by atoms with Crippen LogP contribution in [-0.2, 0) is 0 Å². The largest absolute Gasteiger partial charge is 0.493 e. The van der Waals surface area contributed by atoms with Gasteiger partial charge in [0.1, 0.15) is 5.75 Å². The molecule has 1 amide bonds. The van der Waals surface area contributed by atoms with Crippen LogP contribution in [0.4, 0.5) is 5.13 Å². The molecule has 150 valence electrons. The molecule has 0 aliphatic carbocycles. The molecule has 1 saturated heterocycles. The lowest BCUT2D eigenvalue weighted by Crippen LogP contribution is -2.43. The lowest BCUT2D eigenvalue weighted by Gasteiger charge is -2.33. The van der Waals surface area contributed by atoms with Crippen LogP contribution in [0.25, 0.3) is 10.2 Å². The highest BCUT2D eigenvalue weighted by Gasteiger charge is 2.28. The molecule has 0 spiro atoms. The Morgan fingerprint density at radius 1 is 1.24 bits per heavy atom. The summed E-state index contributed by atoms with van der Waals surface area (Å²) in [5.74, 6) is 0.910. The Balaban J connectivity index is 1.41. The Morgan fingerprint density at radius 2 is 2.07 bits per heavy atom. The number of carbonyl (C=O) groups excluding carboxylic acids is 1. The zero-order chi connectivity index (χ0) is 19.8. The van der Waals surface area contributed by atoms with Crippen LogP contribution in [0.1, 0.15) is 28.4 Å². The number of benzene rings is 2. The maximum atomic E-state index is 13.3. The number of carbonyl (C=O) groups is 1. The van der Waals surface area contributed by atoms with Crippen LogP contribution in [0.15, 0.2) is 42.5 Å². The highest BCUT2D eigenvalue weighted by molar-refractivity contribution is 7.22. The number of ether oxygens (including phenoxy) is 1. The van der Waals surface area contributed by atoms with E-state index in [1.165, 1.54) is 0 Å². The van der Waals surface area contributed by atoms with Crippen LogP contribution in [0, 0.1) is 0 Å². The van der Waals surface area contributed by atoms with E-state index >= 15 is 0 Å². The molecule has 5 rings (SSSR count). The normalized spacial score (nSPS) is 18.9. The fourth-order valence-corrected chi connectivity index (χ4v) is 5.16. The van der Waals surface area contributed by atoms with Gasteiger partial charge < -0.3 is 19.9 Å². The monoisotopic (exact) mass is 408 g/mol. The number of piperazine rings is 1. The van der Waals surface area contributed by atoms with Gasteiger partial charge in [0, 0.05) is 50.8 Å². The minimum Gasteiger partial charge on any atom is -0.493 e. The number of nitrogens with one attached hydrogen (secondary N) is 1. The third-order valence-corrected chi connectivity index (χ3v) is 6.81. The molecular weight excluding hydrogens is 384 g/mol. The van der Waals surface area contributed by atoms with E-state index in [-0.39, 0.29) is 11.9 Å². The predicted molar refractivity (Wildman–Crippen MR) is 116 cm³/mol. The van der Waals surface area contributed by atoms with Gasteiger partial charge in [-0.05, 0) is 24.3 Å². The molecule has 0 unspecified atom stereocenters. The van der Waals surface area contributed by atoms with Gasteiger partial charge in [-0.2, -0.15) is 0 Å². The molecular formula is C22H24N4O2S. The molecule has 2 aromatic carbocycles. The quantitative estimate of drug-likeness (QED) is 0.721. The van der Waals surface area contributed by atoms with Gasteiger partial charge in [-0.15, -0.1) is 0 Å². The van der Waals surface area contributed by atoms with E-state index in [9.17, 15) is 4.79 Å². The van der Waals surface area contributed by atoms with Gasteiger partial charge in [-0.25, -0.2) is 4.98 Å². The molecule has 1 fully saturated rings. The summed E-state index contributed by atoms with van der Waals surface area (Å²) in [4.78, 5) is 22.2. The van der Waals surface area contributed by atoms with Gasteiger partial charge in [0.25, 0.3) is 5.91 Å². The second-order valence-electron chi connectivity index (χ2n) is 7.52. The maximum absolute atomic E-state index is 13.3.